The molecule has 0 aliphatic heterocycles. The number of anilines is 1. The molecule has 0 aliphatic carbocycles. The van der Waals surface area contributed by atoms with Crippen molar-refractivity contribution in [2.75, 3.05) is 12.4 Å². The standard InChI is InChI=1S/C15H14F2N2O/c1-18-15(20)11-4-2-10(3-5-11)9-19-12-6-7-13(16)14(17)8-12/h2-8,19H,9H2,1H3,(H,18,20). The normalized spacial score (nSPS) is 10.2. The van der Waals surface area contributed by atoms with E-state index in [4.69, 9.17) is 0 Å². The maximum Gasteiger partial charge on any atom is 0.251 e. The van der Waals surface area contributed by atoms with Crippen LogP contribution in [-0.4, -0.2) is 13.0 Å². The number of amides is 1. The first kappa shape index (κ1) is 14.0. The molecule has 104 valence electrons. The molecular weight excluding hydrogens is 262 g/mol. The van der Waals surface area contributed by atoms with Gasteiger partial charge >= 0.3 is 0 Å². The summed E-state index contributed by atoms with van der Waals surface area (Å²) in [5.41, 5.74) is 2.01. The molecule has 2 aromatic carbocycles. The second-order valence-corrected chi connectivity index (χ2v) is 4.26. The van der Waals surface area contributed by atoms with E-state index in [1.807, 2.05) is 0 Å². The average Bonchev–Trinajstić information content (AvgIpc) is 2.48. The number of carbonyl (C=O) groups excluding carboxylic acids is 1. The molecule has 0 spiro atoms. The fraction of sp³-hybridized carbons (Fsp3) is 0.133. The van der Waals surface area contributed by atoms with Gasteiger partial charge in [0.05, 0.1) is 0 Å². The number of benzene rings is 2. The molecule has 0 fully saturated rings. The van der Waals surface area contributed by atoms with Gasteiger partial charge in [-0.2, -0.15) is 0 Å². The predicted octanol–water partition coefficient (Wildman–Crippen LogP) is 2.94. The summed E-state index contributed by atoms with van der Waals surface area (Å²) < 4.78 is 25.8. The van der Waals surface area contributed by atoms with Crippen molar-refractivity contribution in [1.29, 1.82) is 0 Å². The number of hydrogen-bond donors (Lipinski definition) is 2. The van der Waals surface area contributed by atoms with Crippen LogP contribution in [-0.2, 0) is 6.54 Å². The van der Waals surface area contributed by atoms with Gasteiger partial charge in [0.15, 0.2) is 11.6 Å². The molecule has 0 heterocycles. The maximum atomic E-state index is 13.0. The van der Waals surface area contributed by atoms with E-state index in [0.29, 0.717) is 17.8 Å². The van der Waals surface area contributed by atoms with E-state index in [1.165, 1.54) is 6.07 Å². The highest BCUT2D eigenvalue weighted by atomic mass is 19.2. The molecule has 0 unspecified atom stereocenters. The Labute approximate surface area is 115 Å². The van der Waals surface area contributed by atoms with Crippen molar-refractivity contribution in [3.63, 3.8) is 0 Å². The van der Waals surface area contributed by atoms with Gasteiger partial charge in [0.2, 0.25) is 0 Å². The molecule has 0 saturated heterocycles. The molecule has 0 aromatic heterocycles. The summed E-state index contributed by atoms with van der Waals surface area (Å²) in [4.78, 5) is 11.4. The molecule has 20 heavy (non-hydrogen) atoms. The van der Waals surface area contributed by atoms with Gasteiger partial charge in [0, 0.05) is 30.9 Å². The van der Waals surface area contributed by atoms with Crippen LogP contribution in [0.5, 0.6) is 0 Å². The van der Waals surface area contributed by atoms with Crippen LogP contribution in [0.4, 0.5) is 14.5 Å². The molecule has 0 aliphatic rings. The third-order valence-electron chi connectivity index (χ3n) is 2.86. The maximum absolute atomic E-state index is 13.0. The van der Waals surface area contributed by atoms with Crippen LogP contribution in [0.2, 0.25) is 0 Å². The van der Waals surface area contributed by atoms with Crippen molar-refractivity contribution in [3.8, 4) is 0 Å². The lowest BCUT2D eigenvalue weighted by atomic mass is 10.1. The van der Waals surface area contributed by atoms with E-state index in [-0.39, 0.29) is 5.91 Å². The summed E-state index contributed by atoms with van der Waals surface area (Å²) in [5.74, 6) is -1.90. The first-order chi connectivity index (χ1) is 9.60. The summed E-state index contributed by atoms with van der Waals surface area (Å²) in [7, 11) is 1.57. The largest absolute Gasteiger partial charge is 0.381 e. The summed E-state index contributed by atoms with van der Waals surface area (Å²) in [6, 6.07) is 10.7. The molecular formula is C15H14F2N2O. The zero-order valence-corrected chi connectivity index (χ0v) is 10.9. The average molecular weight is 276 g/mol. The lowest BCUT2D eigenvalue weighted by molar-refractivity contribution is 0.0963. The van der Waals surface area contributed by atoms with Gasteiger partial charge in [0.25, 0.3) is 5.91 Å². The summed E-state index contributed by atoms with van der Waals surface area (Å²) in [6.07, 6.45) is 0. The topological polar surface area (TPSA) is 41.1 Å². The predicted molar refractivity (Wildman–Crippen MR) is 73.5 cm³/mol. The Kier molecular flexibility index (Phi) is 4.30. The third kappa shape index (κ3) is 3.32. The smallest absolute Gasteiger partial charge is 0.251 e. The Morgan fingerprint density at radius 1 is 1.05 bits per heavy atom. The van der Waals surface area contributed by atoms with Gasteiger partial charge in [-0.3, -0.25) is 4.79 Å². The molecule has 0 saturated carbocycles. The summed E-state index contributed by atoms with van der Waals surface area (Å²) in [6.45, 7) is 0.457. The van der Waals surface area contributed by atoms with Gasteiger partial charge in [-0.1, -0.05) is 12.1 Å². The van der Waals surface area contributed by atoms with Crippen molar-refractivity contribution in [3.05, 3.63) is 65.2 Å². The van der Waals surface area contributed by atoms with Gasteiger partial charge in [-0.25, -0.2) is 8.78 Å². The van der Waals surface area contributed by atoms with E-state index >= 15 is 0 Å². The van der Waals surface area contributed by atoms with Gasteiger partial charge in [-0.15, -0.1) is 0 Å². The highest BCUT2D eigenvalue weighted by molar-refractivity contribution is 5.93. The summed E-state index contributed by atoms with van der Waals surface area (Å²) in [5, 5.41) is 5.52. The van der Waals surface area contributed by atoms with Crippen molar-refractivity contribution >= 4 is 11.6 Å². The molecule has 2 N–H and O–H groups in total. The molecule has 0 bridgehead atoms. The molecule has 1 amide bonds. The van der Waals surface area contributed by atoms with Crippen LogP contribution >= 0.6 is 0 Å². The van der Waals surface area contributed by atoms with Gasteiger partial charge < -0.3 is 10.6 Å². The molecule has 2 aromatic rings. The van der Waals surface area contributed by atoms with E-state index in [0.717, 1.165) is 17.7 Å². The lowest BCUT2D eigenvalue weighted by Gasteiger charge is -2.07. The van der Waals surface area contributed by atoms with Crippen molar-refractivity contribution in [2.45, 2.75) is 6.54 Å². The highest BCUT2D eigenvalue weighted by Crippen LogP contribution is 2.14. The first-order valence-corrected chi connectivity index (χ1v) is 6.10. The number of hydrogen-bond acceptors (Lipinski definition) is 2. The summed E-state index contributed by atoms with van der Waals surface area (Å²) >= 11 is 0. The SMILES string of the molecule is CNC(=O)c1ccc(CNc2ccc(F)c(F)c2)cc1. The number of halogens is 2. The Bertz CT molecular complexity index is 612. The van der Waals surface area contributed by atoms with E-state index in [2.05, 4.69) is 10.6 Å². The van der Waals surface area contributed by atoms with Gasteiger partial charge in [-0.05, 0) is 29.8 Å². The molecule has 5 heteroatoms. The fourth-order valence-electron chi connectivity index (χ4n) is 1.73. The third-order valence-corrected chi connectivity index (χ3v) is 2.86. The lowest BCUT2D eigenvalue weighted by Crippen LogP contribution is -2.17. The van der Waals surface area contributed by atoms with Crippen LogP contribution < -0.4 is 10.6 Å². The van der Waals surface area contributed by atoms with Crippen LogP contribution in [0.25, 0.3) is 0 Å². The molecule has 2 rings (SSSR count). The van der Waals surface area contributed by atoms with Crippen LogP contribution in [0.15, 0.2) is 42.5 Å². The minimum absolute atomic E-state index is 0.148. The van der Waals surface area contributed by atoms with Crippen molar-refractivity contribution in [1.82, 2.24) is 5.32 Å². The quantitative estimate of drug-likeness (QED) is 0.901. The Hall–Kier alpha value is -2.43. The van der Waals surface area contributed by atoms with Crippen molar-refractivity contribution < 1.29 is 13.6 Å². The molecule has 0 atom stereocenters. The zero-order chi connectivity index (χ0) is 14.5. The Morgan fingerprint density at radius 3 is 2.35 bits per heavy atom. The number of rotatable bonds is 4. The number of nitrogens with one attached hydrogen (secondary N) is 2. The Balaban J connectivity index is 2.00. The van der Waals surface area contributed by atoms with Crippen LogP contribution in [0.3, 0.4) is 0 Å². The minimum Gasteiger partial charge on any atom is -0.381 e. The van der Waals surface area contributed by atoms with Crippen LogP contribution in [0.1, 0.15) is 15.9 Å². The fourth-order valence-corrected chi connectivity index (χ4v) is 1.73. The van der Waals surface area contributed by atoms with Gasteiger partial charge in [0.1, 0.15) is 0 Å². The molecule has 3 nitrogen and oxygen atoms in total. The van der Waals surface area contributed by atoms with Crippen LogP contribution in [0, 0.1) is 11.6 Å². The molecule has 0 radical (unpaired) electrons. The highest BCUT2D eigenvalue weighted by Gasteiger charge is 2.04. The van der Waals surface area contributed by atoms with E-state index in [1.54, 1.807) is 31.3 Å². The Morgan fingerprint density at radius 2 is 1.75 bits per heavy atom. The van der Waals surface area contributed by atoms with Crippen molar-refractivity contribution in [2.24, 2.45) is 0 Å². The second kappa shape index (κ2) is 6.14. The monoisotopic (exact) mass is 276 g/mol. The van der Waals surface area contributed by atoms with E-state index in [9.17, 15) is 13.6 Å². The zero-order valence-electron chi connectivity index (χ0n) is 10.9. The first-order valence-electron chi connectivity index (χ1n) is 6.10. The second-order valence-electron chi connectivity index (χ2n) is 4.26. The number of carbonyl (C=O) groups is 1. The minimum atomic E-state index is -0.884. The van der Waals surface area contributed by atoms with E-state index < -0.39 is 11.6 Å².